The maximum atomic E-state index is 12.2. The van der Waals surface area contributed by atoms with Gasteiger partial charge in [0, 0.05) is 12.5 Å². The topological polar surface area (TPSA) is 46.9 Å². The van der Waals surface area contributed by atoms with Gasteiger partial charge >= 0.3 is 0 Å². The van der Waals surface area contributed by atoms with Crippen molar-refractivity contribution in [2.75, 3.05) is 6.54 Å². The molecule has 2 aromatic rings. The molecule has 4 nitrogen and oxygen atoms in total. The Bertz CT molecular complexity index is 641. The summed E-state index contributed by atoms with van der Waals surface area (Å²) in [7, 11) is 0. The Morgan fingerprint density at radius 2 is 2.05 bits per heavy atom. The van der Waals surface area contributed by atoms with Crippen molar-refractivity contribution in [3.8, 4) is 0 Å². The summed E-state index contributed by atoms with van der Waals surface area (Å²) in [6.07, 6.45) is 7.23. The zero-order valence-electron chi connectivity index (χ0n) is 13.3. The van der Waals surface area contributed by atoms with Crippen LogP contribution >= 0.6 is 0 Å². The molecule has 1 aliphatic rings. The van der Waals surface area contributed by atoms with Gasteiger partial charge in [-0.25, -0.2) is 4.98 Å². The number of imidazole rings is 1. The average Bonchev–Trinajstić information content (AvgIpc) is 2.92. The van der Waals surface area contributed by atoms with Crippen LogP contribution in [0.2, 0.25) is 0 Å². The lowest BCUT2D eigenvalue weighted by atomic mass is 9.88. The Hall–Kier alpha value is -1.84. The van der Waals surface area contributed by atoms with Gasteiger partial charge in [0.1, 0.15) is 12.4 Å². The molecular formula is C18H25N3O. The molecule has 0 aliphatic heterocycles. The number of rotatable bonds is 5. The molecule has 4 heteroatoms. The van der Waals surface area contributed by atoms with Crippen LogP contribution in [0.1, 0.15) is 57.2 Å². The second-order valence-corrected chi connectivity index (χ2v) is 6.23. The third-order valence-electron chi connectivity index (χ3n) is 4.53. The van der Waals surface area contributed by atoms with Crippen molar-refractivity contribution in [1.82, 2.24) is 14.9 Å². The molecule has 3 rings (SSSR count). The number of hydrogen-bond acceptors (Lipinski definition) is 2. The summed E-state index contributed by atoms with van der Waals surface area (Å²) in [5, 5.41) is 2.98. The van der Waals surface area contributed by atoms with E-state index in [1.54, 1.807) is 0 Å². The first-order chi connectivity index (χ1) is 10.8. The van der Waals surface area contributed by atoms with Crippen LogP contribution in [0.15, 0.2) is 24.3 Å². The van der Waals surface area contributed by atoms with Gasteiger partial charge in [-0.1, -0.05) is 38.3 Å². The van der Waals surface area contributed by atoms with E-state index < -0.39 is 0 Å². The van der Waals surface area contributed by atoms with E-state index >= 15 is 0 Å². The van der Waals surface area contributed by atoms with Gasteiger partial charge in [-0.15, -0.1) is 0 Å². The number of nitrogens with one attached hydrogen (secondary N) is 1. The SMILES string of the molecule is CCCNC(=O)Cn1c(C2CCCCC2)nc2ccccc21. The molecule has 1 aromatic carbocycles. The third kappa shape index (κ3) is 3.16. The summed E-state index contributed by atoms with van der Waals surface area (Å²) in [6, 6.07) is 8.15. The Morgan fingerprint density at radius 3 is 2.82 bits per heavy atom. The standard InChI is InChI=1S/C18H25N3O/c1-2-12-19-17(22)13-21-16-11-7-6-10-15(16)20-18(21)14-8-4-3-5-9-14/h6-7,10-11,14H,2-5,8-9,12-13H2,1H3,(H,19,22). The van der Waals surface area contributed by atoms with Crippen molar-refractivity contribution in [3.63, 3.8) is 0 Å². The Kier molecular flexibility index (Phi) is 4.76. The molecule has 1 fully saturated rings. The van der Waals surface area contributed by atoms with E-state index in [1.807, 2.05) is 18.2 Å². The molecule has 1 amide bonds. The van der Waals surface area contributed by atoms with Crippen LogP contribution in [0.3, 0.4) is 0 Å². The number of amides is 1. The lowest BCUT2D eigenvalue weighted by molar-refractivity contribution is -0.121. The van der Waals surface area contributed by atoms with Crippen LogP contribution in [-0.2, 0) is 11.3 Å². The minimum absolute atomic E-state index is 0.0852. The Labute approximate surface area is 131 Å². The second-order valence-electron chi connectivity index (χ2n) is 6.23. The molecule has 1 N–H and O–H groups in total. The fraction of sp³-hybridized carbons (Fsp3) is 0.556. The Morgan fingerprint density at radius 1 is 1.27 bits per heavy atom. The molecule has 0 unspecified atom stereocenters. The van der Waals surface area contributed by atoms with Gasteiger partial charge in [-0.3, -0.25) is 4.79 Å². The van der Waals surface area contributed by atoms with Gasteiger partial charge in [0.05, 0.1) is 11.0 Å². The number of fused-ring (bicyclic) bond motifs is 1. The summed E-state index contributed by atoms with van der Waals surface area (Å²) in [5.41, 5.74) is 2.08. The largest absolute Gasteiger partial charge is 0.355 e. The second kappa shape index (κ2) is 6.95. The highest BCUT2D eigenvalue weighted by Crippen LogP contribution is 2.33. The maximum absolute atomic E-state index is 12.2. The number of hydrogen-bond donors (Lipinski definition) is 1. The number of carbonyl (C=O) groups excluding carboxylic acids is 1. The molecule has 0 radical (unpaired) electrons. The molecule has 0 bridgehead atoms. The van der Waals surface area contributed by atoms with E-state index in [9.17, 15) is 4.79 Å². The van der Waals surface area contributed by atoms with Gasteiger partial charge in [0.15, 0.2) is 0 Å². The van der Waals surface area contributed by atoms with E-state index in [0.29, 0.717) is 12.5 Å². The van der Waals surface area contributed by atoms with E-state index in [0.717, 1.165) is 29.8 Å². The fourth-order valence-electron chi connectivity index (χ4n) is 3.40. The molecule has 0 spiro atoms. The smallest absolute Gasteiger partial charge is 0.240 e. The number of aromatic nitrogens is 2. The van der Waals surface area contributed by atoms with Crippen LogP contribution in [-0.4, -0.2) is 22.0 Å². The maximum Gasteiger partial charge on any atom is 0.240 e. The minimum atomic E-state index is 0.0852. The third-order valence-corrected chi connectivity index (χ3v) is 4.53. The molecule has 1 saturated carbocycles. The van der Waals surface area contributed by atoms with Crippen LogP contribution in [0, 0.1) is 0 Å². The van der Waals surface area contributed by atoms with E-state index in [-0.39, 0.29) is 5.91 Å². The normalized spacial score (nSPS) is 16.0. The first-order valence-electron chi connectivity index (χ1n) is 8.51. The summed E-state index contributed by atoms with van der Waals surface area (Å²) in [6.45, 7) is 3.19. The van der Waals surface area contributed by atoms with Crippen molar-refractivity contribution < 1.29 is 4.79 Å². The highest BCUT2D eigenvalue weighted by Gasteiger charge is 2.23. The molecule has 0 saturated heterocycles. The molecule has 1 aliphatic carbocycles. The predicted molar refractivity (Wildman–Crippen MR) is 88.9 cm³/mol. The lowest BCUT2D eigenvalue weighted by Crippen LogP contribution is -2.29. The summed E-state index contributed by atoms with van der Waals surface area (Å²) < 4.78 is 2.14. The molecule has 22 heavy (non-hydrogen) atoms. The van der Waals surface area contributed by atoms with E-state index in [4.69, 9.17) is 4.98 Å². The monoisotopic (exact) mass is 299 g/mol. The van der Waals surface area contributed by atoms with Crippen molar-refractivity contribution in [1.29, 1.82) is 0 Å². The van der Waals surface area contributed by atoms with Gasteiger partial charge in [0.25, 0.3) is 0 Å². The van der Waals surface area contributed by atoms with Crippen molar-refractivity contribution >= 4 is 16.9 Å². The van der Waals surface area contributed by atoms with Crippen molar-refractivity contribution in [2.45, 2.75) is 57.9 Å². The average molecular weight is 299 g/mol. The number of nitrogens with zero attached hydrogens (tertiary/aromatic N) is 2. The molecular weight excluding hydrogens is 274 g/mol. The van der Waals surface area contributed by atoms with Crippen molar-refractivity contribution in [2.24, 2.45) is 0 Å². The van der Waals surface area contributed by atoms with Crippen LogP contribution in [0.25, 0.3) is 11.0 Å². The first kappa shape index (κ1) is 15.1. The molecule has 0 atom stereocenters. The van der Waals surface area contributed by atoms with Gasteiger partial charge in [-0.05, 0) is 31.4 Å². The lowest BCUT2D eigenvalue weighted by Gasteiger charge is -2.22. The number of para-hydroxylation sites is 2. The Balaban J connectivity index is 1.92. The van der Waals surface area contributed by atoms with E-state index in [1.165, 1.54) is 32.1 Å². The molecule has 1 heterocycles. The fourth-order valence-corrected chi connectivity index (χ4v) is 3.40. The molecule has 1 aromatic heterocycles. The summed E-state index contributed by atoms with van der Waals surface area (Å²) >= 11 is 0. The minimum Gasteiger partial charge on any atom is -0.355 e. The van der Waals surface area contributed by atoms with Crippen LogP contribution < -0.4 is 5.32 Å². The quantitative estimate of drug-likeness (QED) is 0.916. The van der Waals surface area contributed by atoms with Crippen LogP contribution in [0.4, 0.5) is 0 Å². The van der Waals surface area contributed by atoms with Crippen LogP contribution in [0.5, 0.6) is 0 Å². The summed E-state index contributed by atoms with van der Waals surface area (Å²) in [4.78, 5) is 17.0. The number of carbonyl (C=O) groups is 1. The zero-order valence-corrected chi connectivity index (χ0v) is 13.3. The predicted octanol–water partition coefficient (Wildman–Crippen LogP) is 3.61. The van der Waals surface area contributed by atoms with Gasteiger partial charge in [0.2, 0.25) is 5.91 Å². The highest BCUT2D eigenvalue weighted by atomic mass is 16.1. The number of benzene rings is 1. The van der Waals surface area contributed by atoms with Crippen molar-refractivity contribution in [3.05, 3.63) is 30.1 Å². The van der Waals surface area contributed by atoms with E-state index in [2.05, 4.69) is 22.9 Å². The highest BCUT2D eigenvalue weighted by molar-refractivity contribution is 5.81. The summed E-state index contributed by atoms with van der Waals surface area (Å²) in [5.74, 6) is 1.69. The molecule has 118 valence electrons. The van der Waals surface area contributed by atoms with Gasteiger partial charge < -0.3 is 9.88 Å². The van der Waals surface area contributed by atoms with Gasteiger partial charge in [-0.2, -0.15) is 0 Å². The zero-order chi connectivity index (χ0) is 15.4. The first-order valence-corrected chi connectivity index (χ1v) is 8.51.